The Kier molecular flexibility index (Phi) is 4.75. The van der Waals surface area contributed by atoms with Gasteiger partial charge in [-0.25, -0.2) is 9.18 Å². The largest absolute Gasteiger partial charge is 0.480 e. The van der Waals surface area contributed by atoms with Crippen molar-refractivity contribution in [2.45, 2.75) is 25.9 Å². The second-order valence-corrected chi connectivity index (χ2v) is 5.11. The Balaban J connectivity index is 2.07. The molecule has 2 rings (SSSR count). The van der Waals surface area contributed by atoms with Crippen LogP contribution in [0.1, 0.15) is 18.9 Å². The summed E-state index contributed by atoms with van der Waals surface area (Å²) in [7, 11) is 0. The molecular weight excluding hydrogens is 291 g/mol. The van der Waals surface area contributed by atoms with Crippen LogP contribution in [0.3, 0.4) is 0 Å². The van der Waals surface area contributed by atoms with Crippen LogP contribution in [0.25, 0.3) is 0 Å². The van der Waals surface area contributed by atoms with E-state index in [1.54, 1.807) is 19.1 Å². The fourth-order valence-electron chi connectivity index (χ4n) is 2.48. The minimum Gasteiger partial charge on any atom is -0.480 e. The normalized spacial score (nSPS) is 16.8. The molecular formula is C15H17FN2O4. The number of carbonyl (C=O) groups is 3. The van der Waals surface area contributed by atoms with Crippen LogP contribution in [0, 0.1) is 5.82 Å². The Morgan fingerprint density at radius 2 is 1.86 bits per heavy atom. The summed E-state index contributed by atoms with van der Waals surface area (Å²) in [5.74, 6) is -3.02. The number of hydrogen-bond donors (Lipinski definition) is 1. The van der Waals surface area contributed by atoms with Crippen LogP contribution in [-0.4, -0.2) is 51.8 Å². The van der Waals surface area contributed by atoms with Gasteiger partial charge in [-0.1, -0.05) is 19.1 Å². The lowest BCUT2D eigenvalue weighted by molar-refractivity contribution is -0.162. The number of piperazine rings is 1. The lowest BCUT2D eigenvalue weighted by Gasteiger charge is -2.36. The lowest BCUT2D eigenvalue weighted by Crippen LogP contribution is -2.58. The van der Waals surface area contributed by atoms with Crippen molar-refractivity contribution in [1.82, 2.24) is 9.80 Å². The molecule has 1 aromatic carbocycles. The minimum atomic E-state index is -1.12. The number of rotatable bonds is 5. The highest BCUT2D eigenvalue weighted by Gasteiger charge is 2.38. The zero-order chi connectivity index (χ0) is 16.3. The molecule has 1 atom stereocenters. The molecule has 1 saturated heterocycles. The molecule has 1 aromatic rings. The molecule has 6 nitrogen and oxygen atoms in total. The van der Waals surface area contributed by atoms with E-state index in [2.05, 4.69) is 0 Å². The van der Waals surface area contributed by atoms with Gasteiger partial charge < -0.3 is 14.9 Å². The summed E-state index contributed by atoms with van der Waals surface area (Å²) < 4.78 is 12.9. The quantitative estimate of drug-likeness (QED) is 0.818. The molecule has 0 aliphatic carbocycles. The molecule has 22 heavy (non-hydrogen) atoms. The van der Waals surface area contributed by atoms with E-state index in [4.69, 9.17) is 5.11 Å². The fourth-order valence-corrected chi connectivity index (χ4v) is 2.48. The van der Waals surface area contributed by atoms with Crippen molar-refractivity contribution in [3.8, 4) is 0 Å². The van der Waals surface area contributed by atoms with Crippen molar-refractivity contribution < 1.29 is 23.9 Å². The molecule has 1 heterocycles. The van der Waals surface area contributed by atoms with Crippen LogP contribution in [0.2, 0.25) is 0 Å². The summed E-state index contributed by atoms with van der Waals surface area (Å²) in [4.78, 5) is 37.8. The van der Waals surface area contributed by atoms with Gasteiger partial charge in [-0.05, 0) is 24.1 Å². The lowest BCUT2D eigenvalue weighted by atomic mass is 10.1. The second-order valence-electron chi connectivity index (χ2n) is 5.11. The van der Waals surface area contributed by atoms with Crippen molar-refractivity contribution in [2.24, 2.45) is 0 Å². The smallest absolute Gasteiger partial charge is 0.326 e. The Bertz CT molecular complexity index is 588. The molecule has 1 N–H and O–H groups in total. The molecule has 1 aliphatic rings. The van der Waals surface area contributed by atoms with Crippen molar-refractivity contribution in [2.75, 3.05) is 13.1 Å². The van der Waals surface area contributed by atoms with Gasteiger partial charge >= 0.3 is 17.8 Å². The standard InChI is InChI=1S/C15H17FN2O4/c1-2-12(15(21)22)18-8-7-17(13(19)14(18)20)9-10-3-5-11(16)6-4-10/h3-6,12H,2,7-9H2,1H3,(H,21,22)/t12-/m0/s1. The molecule has 1 fully saturated rings. The molecule has 0 aromatic heterocycles. The zero-order valence-electron chi connectivity index (χ0n) is 12.2. The van der Waals surface area contributed by atoms with Crippen LogP contribution >= 0.6 is 0 Å². The summed E-state index contributed by atoms with van der Waals surface area (Å²) in [5.41, 5.74) is 0.710. The molecule has 1 aliphatic heterocycles. The summed E-state index contributed by atoms with van der Waals surface area (Å²) >= 11 is 0. The number of carbonyl (C=O) groups excluding carboxylic acids is 2. The van der Waals surface area contributed by atoms with Crippen LogP contribution in [0.5, 0.6) is 0 Å². The first kappa shape index (κ1) is 15.9. The number of carboxylic acids is 1. The predicted molar refractivity (Wildman–Crippen MR) is 75.2 cm³/mol. The average molecular weight is 308 g/mol. The van der Waals surface area contributed by atoms with Gasteiger partial charge in [-0.15, -0.1) is 0 Å². The number of benzene rings is 1. The van der Waals surface area contributed by atoms with E-state index in [1.165, 1.54) is 17.0 Å². The Morgan fingerprint density at radius 3 is 2.41 bits per heavy atom. The molecule has 0 unspecified atom stereocenters. The summed E-state index contributed by atoms with van der Waals surface area (Å²) in [6.45, 7) is 2.28. The third-order valence-electron chi connectivity index (χ3n) is 3.68. The molecule has 118 valence electrons. The van der Waals surface area contributed by atoms with E-state index >= 15 is 0 Å². The second kappa shape index (κ2) is 6.55. The van der Waals surface area contributed by atoms with Crippen LogP contribution in [-0.2, 0) is 20.9 Å². The molecule has 0 radical (unpaired) electrons. The van der Waals surface area contributed by atoms with Gasteiger partial charge in [0.05, 0.1) is 0 Å². The number of amides is 2. The van der Waals surface area contributed by atoms with E-state index in [0.717, 1.165) is 4.90 Å². The number of nitrogens with zero attached hydrogens (tertiary/aromatic N) is 2. The summed E-state index contributed by atoms with van der Waals surface area (Å²) in [5, 5.41) is 9.10. The Hall–Kier alpha value is -2.44. The highest BCUT2D eigenvalue weighted by atomic mass is 19.1. The molecule has 2 amide bonds. The van der Waals surface area contributed by atoms with Crippen molar-refractivity contribution in [1.29, 1.82) is 0 Å². The van der Waals surface area contributed by atoms with E-state index in [-0.39, 0.29) is 31.9 Å². The van der Waals surface area contributed by atoms with Gasteiger partial charge in [0, 0.05) is 19.6 Å². The monoisotopic (exact) mass is 308 g/mol. The van der Waals surface area contributed by atoms with Crippen molar-refractivity contribution in [3.63, 3.8) is 0 Å². The van der Waals surface area contributed by atoms with E-state index in [0.29, 0.717) is 5.56 Å². The van der Waals surface area contributed by atoms with Gasteiger partial charge in [0.15, 0.2) is 0 Å². The predicted octanol–water partition coefficient (Wildman–Crippen LogP) is 0.860. The number of hydrogen-bond acceptors (Lipinski definition) is 3. The first-order chi connectivity index (χ1) is 10.4. The maximum Gasteiger partial charge on any atom is 0.326 e. The van der Waals surface area contributed by atoms with Gasteiger partial charge in [-0.2, -0.15) is 0 Å². The summed E-state index contributed by atoms with van der Waals surface area (Å²) in [6, 6.07) is 4.69. The third-order valence-corrected chi connectivity index (χ3v) is 3.68. The van der Waals surface area contributed by atoms with E-state index in [9.17, 15) is 18.8 Å². The van der Waals surface area contributed by atoms with Crippen LogP contribution in [0.4, 0.5) is 4.39 Å². The van der Waals surface area contributed by atoms with Crippen LogP contribution < -0.4 is 0 Å². The number of aliphatic carboxylic acids is 1. The van der Waals surface area contributed by atoms with Crippen molar-refractivity contribution >= 4 is 17.8 Å². The SMILES string of the molecule is CC[C@@H](C(=O)O)N1CCN(Cc2ccc(F)cc2)C(=O)C1=O. The number of halogens is 1. The fraction of sp³-hybridized carbons (Fsp3) is 0.400. The zero-order valence-corrected chi connectivity index (χ0v) is 12.2. The van der Waals surface area contributed by atoms with Crippen molar-refractivity contribution in [3.05, 3.63) is 35.6 Å². The van der Waals surface area contributed by atoms with Gasteiger partial charge in [0.25, 0.3) is 0 Å². The topological polar surface area (TPSA) is 77.9 Å². The molecule has 0 spiro atoms. The molecule has 0 bridgehead atoms. The van der Waals surface area contributed by atoms with Gasteiger partial charge in [0.1, 0.15) is 11.9 Å². The van der Waals surface area contributed by atoms with Crippen LogP contribution in [0.15, 0.2) is 24.3 Å². The first-order valence-electron chi connectivity index (χ1n) is 7.01. The average Bonchev–Trinajstić information content (AvgIpc) is 2.49. The molecule has 7 heteroatoms. The summed E-state index contributed by atoms with van der Waals surface area (Å²) in [6.07, 6.45) is 0.242. The van der Waals surface area contributed by atoms with Gasteiger partial charge in [0.2, 0.25) is 0 Å². The highest BCUT2D eigenvalue weighted by molar-refractivity contribution is 6.35. The maximum atomic E-state index is 12.9. The Morgan fingerprint density at radius 1 is 1.23 bits per heavy atom. The first-order valence-corrected chi connectivity index (χ1v) is 7.01. The highest BCUT2D eigenvalue weighted by Crippen LogP contribution is 2.15. The van der Waals surface area contributed by atoms with E-state index in [1.807, 2.05) is 0 Å². The maximum absolute atomic E-state index is 12.9. The third kappa shape index (κ3) is 3.24. The number of carboxylic acid groups (broad SMARTS) is 1. The molecule has 0 saturated carbocycles. The van der Waals surface area contributed by atoms with Gasteiger partial charge in [-0.3, -0.25) is 9.59 Å². The minimum absolute atomic E-state index is 0.177. The Labute approximate surface area is 127 Å². The van der Waals surface area contributed by atoms with E-state index < -0.39 is 23.8 Å².